The Morgan fingerprint density at radius 2 is 1.67 bits per heavy atom. The number of anilines is 1. The fourth-order valence-electron chi connectivity index (χ4n) is 3.57. The fraction of sp³-hybridized carbons (Fsp3) is 0.263. The smallest absolute Gasteiger partial charge is 0.0938 e. The van der Waals surface area contributed by atoms with Crippen molar-refractivity contribution in [1.29, 1.82) is 0 Å². The predicted octanol–water partition coefficient (Wildman–Crippen LogP) is 4.17. The molecule has 2 aromatic carbocycles. The Morgan fingerprint density at radius 1 is 0.905 bits per heavy atom. The number of fused-ring (bicyclic) bond motifs is 3. The minimum absolute atomic E-state index is 0.0806. The molecule has 1 aliphatic heterocycles. The second-order valence-corrected chi connectivity index (χ2v) is 6.57. The van der Waals surface area contributed by atoms with Crippen molar-refractivity contribution in [2.45, 2.75) is 19.3 Å². The molecule has 0 spiro atoms. The van der Waals surface area contributed by atoms with Crippen molar-refractivity contribution in [3.05, 3.63) is 66.0 Å². The van der Waals surface area contributed by atoms with Crippen molar-refractivity contribution in [2.75, 3.05) is 18.6 Å². The fourth-order valence-corrected chi connectivity index (χ4v) is 3.57. The summed E-state index contributed by atoms with van der Waals surface area (Å²) in [6.45, 7) is 5.58. The molecule has 4 rings (SSSR count). The summed E-state index contributed by atoms with van der Waals surface area (Å²) in [4.78, 5) is 4.48. The molecule has 1 heterocycles. The molecule has 0 saturated carbocycles. The van der Waals surface area contributed by atoms with E-state index in [9.17, 15) is 0 Å². The Bertz CT molecular complexity index is 743. The van der Waals surface area contributed by atoms with E-state index in [1.54, 1.807) is 0 Å². The lowest BCUT2D eigenvalue weighted by molar-refractivity contribution is 0.495. The van der Waals surface area contributed by atoms with Crippen molar-refractivity contribution in [2.24, 2.45) is 0 Å². The summed E-state index contributed by atoms with van der Waals surface area (Å²) in [5.41, 5.74) is 7.00. The van der Waals surface area contributed by atoms with E-state index in [4.69, 9.17) is 0 Å². The zero-order valence-electron chi connectivity index (χ0n) is 12.8. The third-order valence-corrected chi connectivity index (χ3v) is 4.78. The molecule has 2 heteroatoms. The van der Waals surface area contributed by atoms with E-state index in [1.165, 1.54) is 27.9 Å². The van der Waals surface area contributed by atoms with Crippen molar-refractivity contribution in [3.8, 4) is 11.1 Å². The third kappa shape index (κ3) is 1.72. The van der Waals surface area contributed by atoms with Crippen LogP contribution in [0.3, 0.4) is 0 Å². The monoisotopic (exact) mass is 276 g/mol. The molecule has 2 aromatic rings. The van der Waals surface area contributed by atoms with Gasteiger partial charge in [-0.25, -0.2) is 0 Å². The molecule has 0 aromatic heterocycles. The van der Waals surface area contributed by atoms with Gasteiger partial charge in [0.15, 0.2) is 0 Å². The highest BCUT2D eigenvalue weighted by atomic mass is 15.3. The van der Waals surface area contributed by atoms with E-state index in [2.05, 4.69) is 85.6 Å². The van der Waals surface area contributed by atoms with Gasteiger partial charge in [-0.3, -0.25) is 0 Å². The summed E-state index contributed by atoms with van der Waals surface area (Å²) in [7, 11) is 2.10. The number of benzene rings is 2. The highest BCUT2D eigenvalue weighted by molar-refractivity contribution is 5.82. The zero-order valence-corrected chi connectivity index (χ0v) is 12.8. The maximum Gasteiger partial charge on any atom is 0.0938 e. The number of rotatable bonds is 1. The van der Waals surface area contributed by atoms with Gasteiger partial charge in [-0.05, 0) is 34.4 Å². The van der Waals surface area contributed by atoms with Crippen LogP contribution in [-0.2, 0) is 5.41 Å². The second-order valence-electron chi connectivity index (χ2n) is 6.57. The summed E-state index contributed by atoms with van der Waals surface area (Å²) < 4.78 is 0. The van der Waals surface area contributed by atoms with Gasteiger partial charge in [0.25, 0.3) is 0 Å². The van der Waals surface area contributed by atoms with Crippen LogP contribution in [0.2, 0.25) is 0 Å². The van der Waals surface area contributed by atoms with Crippen LogP contribution >= 0.6 is 0 Å². The minimum Gasteiger partial charge on any atom is -0.361 e. The first kappa shape index (κ1) is 12.5. The molecule has 1 aliphatic carbocycles. The Balaban J connectivity index is 1.84. The molecular weight excluding hydrogens is 256 g/mol. The molecule has 0 amide bonds. The minimum atomic E-state index is 0.0806. The lowest BCUT2D eigenvalue weighted by Crippen LogP contribution is -2.22. The third-order valence-electron chi connectivity index (χ3n) is 4.78. The molecular formula is C19H20N2. The molecule has 0 bridgehead atoms. The van der Waals surface area contributed by atoms with Gasteiger partial charge in [-0.1, -0.05) is 44.2 Å². The first-order chi connectivity index (χ1) is 10.1. The van der Waals surface area contributed by atoms with Gasteiger partial charge in [0.05, 0.1) is 6.67 Å². The van der Waals surface area contributed by atoms with E-state index in [0.29, 0.717) is 0 Å². The van der Waals surface area contributed by atoms with Gasteiger partial charge < -0.3 is 9.80 Å². The number of nitrogens with zero attached hydrogens (tertiary/aromatic N) is 2. The van der Waals surface area contributed by atoms with Crippen LogP contribution in [0.5, 0.6) is 0 Å². The lowest BCUT2D eigenvalue weighted by Gasteiger charge is -2.24. The second kappa shape index (κ2) is 4.14. The van der Waals surface area contributed by atoms with Gasteiger partial charge >= 0.3 is 0 Å². The van der Waals surface area contributed by atoms with Crippen LogP contribution in [0.1, 0.15) is 25.0 Å². The standard InChI is InChI=1S/C19H20N2/c1-19(2)17-7-5-4-6-15(17)16-9-8-14(12-18(16)19)21-11-10-20(3)13-21/h4-12H,13H2,1-3H3. The first-order valence-corrected chi connectivity index (χ1v) is 7.47. The Hall–Kier alpha value is -2.22. The first-order valence-electron chi connectivity index (χ1n) is 7.47. The van der Waals surface area contributed by atoms with Crippen LogP contribution in [0.4, 0.5) is 5.69 Å². The Morgan fingerprint density at radius 3 is 2.43 bits per heavy atom. The maximum atomic E-state index is 2.36. The summed E-state index contributed by atoms with van der Waals surface area (Å²) >= 11 is 0. The van der Waals surface area contributed by atoms with Gasteiger partial charge in [0.1, 0.15) is 0 Å². The van der Waals surface area contributed by atoms with Gasteiger partial charge in [-0.15, -0.1) is 0 Å². The summed E-state index contributed by atoms with van der Waals surface area (Å²) in [5.74, 6) is 0. The summed E-state index contributed by atoms with van der Waals surface area (Å²) in [6, 6.07) is 15.7. The molecule has 21 heavy (non-hydrogen) atoms. The maximum absolute atomic E-state index is 2.36. The van der Waals surface area contributed by atoms with E-state index < -0.39 is 0 Å². The number of hydrogen-bond acceptors (Lipinski definition) is 2. The van der Waals surface area contributed by atoms with Gasteiger partial charge in [-0.2, -0.15) is 0 Å². The van der Waals surface area contributed by atoms with E-state index >= 15 is 0 Å². The van der Waals surface area contributed by atoms with E-state index in [1.807, 2.05) is 0 Å². The summed E-state index contributed by atoms with van der Waals surface area (Å²) in [5, 5.41) is 0. The molecule has 0 radical (unpaired) electrons. The van der Waals surface area contributed by atoms with Crippen molar-refractivity contribution in [1.82, 2.24) is 4.90 Å². The normalized spacial score (nSPS) is 18.0. The van der Waals surface area contributed by atoms with Crippen LogP contribution in [0.15, 0.2) is 54.9 Å². The highest BCUT2D eigenvalue weighted by Gasteiger charge is 2.35. The Kier molecular flexibility index (Phi) is 2.47. The quantitative estimate of drug-likeness (QED) is 0.771. The van der Waals surface area contributed by atoms with E-state index in [-0.39, 0.29) is 5.41 Å². The molecule has 2 aliphatic rings. The molecule has 0 atom stereocenters. The van der Waals surface area contributed by atoms with E-state index in [0.717, 1.165) is 6.67 Å². The predicted molar refractivity (Wildman–Crippen MR) is 88.3 cm³/mol. The molecule has 2 nitrogen and oxygen atoms in total. The molecule has 0 unspecified atom stereocenters. The Labute approximate surface area is 126 Å². The van der Waals surface area contributed by atoms with Gasteiger partial charge in [0.2, 0.25) is 0 Å². The molecule has 0 fully saturated rings. The number of hydrogen-bond donors (Lipinski definition) is 0. The van der Waals surface area contributed by atoms with Gasteiger partial charge in [0, 0.05) is 30.5 Å². The van der Waals surface area contributed by atoms with Crippen LogP contribution in [-0.4, -0.2) is 18.6 Å². The average Bonchev–Trinajstić information content (AvgIpc) is 3.01. The van der Waals surface area contributed by atoms with Crippen molar-refractivity contribution < 1.29 is 0 Å². The molecule has 0 N–H and O–H groups in total. The van der Waals surface area contributed by atoms with Crippen LogP contribution in [0.25, 0.3) is 11.1 Å². The largest absolute Gasteiger partial charge is 0.361 e. The molecule has 0 saturated heterocycles. The molecule has 106 valence electrons. The topological polar surface area (TPSA) is 6.48 Å². The van der Waals surface area contributed by atoms with Crippen LogP contribution < -0.4 is 4.90 Å². The van der Waals surface area contributed by atoms with Crippen LogP contribution in [0, 0.1) is 0 Å². The van der Waals surface area contributed by atoms with Crippen molar-refractivity contribution in [3.63, 3.8) is 0 Å². The zero-order chi connectivity index (χ0) is 14.6. The summed E-state index contributed by atoms with van der Waals surface area (Å²) in [6.07, 6.45) is 4.27. The SMILES string of the molecule is CN1C=CN(c2ccc3c(c2)C(C)(C)c2ccccc2-3)C1. The van der Waals surface area contributed by atoms with Crippen molar-refractivity contribution >= 4 is 5.69 Å². The highest BCUT2D eigenvalue weighted by Crippen LogP contribution is 2.49. The lowest BCUT2D eigenvalue weighted by atomic mass is 9.82. The average molecular weight is 276 g/mol.